The van der Waals surface area contributed by atoms with Gasteiger partial charge >= 0.3 is 0 Å². The van der Waals surface area contributed by atoms with E-state index in [1.807, 2.05) is 6.07 Å². The third kappa shape index (κ3) is 2.43. The highest BCUT2D eigenvalue weighted by Crippen LogP contribution is 2.23. The molecular formula is C14H7ClF2N4. The maximum absolute atomic E-state index is 13.4. The van der Waals surface area contributed by atoms with Gasteiger partial charge in [-0.3, -0.25) is 4.98 Å². The lowest BCUT2D eigenvalue weighted by molar-refractivity contribution is 0.510. The number of nitrogens with zero attached hydrogens (tertiary/aromatic N) is 4. The Morgan fingerprint density at radius 1 is 1.24 bits per heavy atom. The number of hydrogen-bond acceptors (Lipinski definition) is 3. The molecule has 0 bridgehead atoms. The van der Waals surface area contributed by atoms with Crippen molar-refractivity contribution in [2.75, 3.05) is 0 Å². The number of halogens is 3. The minimum Gasteiger partial charge on any atom is -0.308 e. The van der Waals surface area contributed by atoms with Gasteiger partial charge in [-0.15, -0.1) is 0 Å². The van der Waals surface area contributed by atoms with Crippen LogP contribution in [0, 0.1) is 23.0 Å². The van der Waals surface area contributed by atoms with Crippen molar-refractivity contribution in [3.63, 3.8) is 0 Å². The highest BCUT2D eigenvalue weighted by atomic mass is 35.5. The number of nitriles is 1. The van der Waals surface area contributed by atoms with Crippen LogP contribution in [0.25, 0.3) is 11.0 Å². The summed E-state index contributed by atoms with van der Waals surface area (Å²) in [5.41, 5.74) is 1.71. The number of imidazole rings is 1. The van der Waals surface area contributed by atoms with E-state index >= 15 is 0 Å². The van der Waals surface area contributed by atoms with Gasteiger partial charge in [-0.2, -0.15) is 5.26 Å². The SMILES string of the molecule is N#Cc1ccc(Cn2c(Cl)nc3cc(F)c(F)cc32)nc1. The quantitative estimate of drug-likeness (QED) is 0.730. The first-order valence-corrected chi connectivity index (χ1v) is 6.32. The molecule has 2 heterocycles. The van der Waals surface area contributed by atoms with Crippen LogP contribution in [0.3, 0.4) is 0 Å². The van der Waals surface area contributed by atoms with Gasteiger partial charge in [-0.05, 0) is 23.7 Å². The number of benzene rings is 1. The van der Waals surface area contributed by atoms with Crippen LogP contribution in [-0.2, 0) is 6.54 Å². The fraction of sp³-hybridized carbons (Fsp3) is 0.0714. The van der Waals surface area contributed by atoms with Crippen LogP contribution in [-0.4, -0.2) is 14.5 Å². The van der Waals surface area contributed by atoms with Crippen molar-refractivity contribution in [2.45, 2.75) is 6.54 Å². The van der Waals surface area contributed by atoms with Gasteiger partial charge in [0.05, 0.1) is 28.8 Å². The molecule has 0 aliphatic rings. The Hall–Kier alpha value is -2.52. The van der Waals surface area contributed by atoms with Gasteiger partial charge in [-0.25, -0.2) is 13.8 Å². The van der Waals surface area contributed by atoms with E-state index in [0.717, 1.165) is 12.1 Å². The van der Waals surface area contributed by atoms with Crippen LogP contribution >= 0.6 is 11.6 Å². The summed E-state index contributed by atoms with van der Waals surface area (Å²) < 4.78 is 28.1. The molecule has 2 aromatic heterocycles. The zero-order valence-corrected chi connectivity index (χ0v) is 11.3. The minimum atomic E-state index is -0.972. The molecule has 0 atom stereocenters. The second-order valence-corrected chi connectivity index (χ2v) is 4.71. The second-order valence-electron chi connectivity index (χ2n) is 4.37. The number of fused-ring (bicyclic) bond motifs is 1. The molecule has 0 spiro atoms. The molecule has 0 N–H and O–H groups in total. The molecule has 104 valence electrons. The first-order chi connectivity index (χ1) is 10.1. The minimum absolute atomic E-state index is 0.112. The fourth-order valence-corrected chi connectivity index (χ4v) is 2.23. The highest BCUT2D eigenvalue weighted by Gasteiger charge is 2.13. The van der Waals surface area contributed by atoms with Crippen LogP contribution < -0.4 is 0 Å². The molecule has 0 aliphatic carbocycles. The topological polar surface area (TPSA) is 54.5 Å². The van der Waals surface area contributed by atoms with E-state index in [4.69, 9.17) is 16.9 Å². The number of hydrogen-bond donors (Lipinski definition) is 0. The monoisotopic (exact) mass is 304 g/mol. The summed E-state index contributed by atoms with van der Waals surface area (Å²) in [4.78, 5) is 8.10. The van der Waals surface area contributed by atoms with Crippen molar-refractivity contribution in [2.24, 2.45) is 0 Å². The first kappa shape index (κ1) is 13.5. The summed E-state index contributed by atoms with van der Waals surface area (Å²) >= 11 is 6.01. The second kappa shape index (κ2) is 5.11. The Kier molecular flexibility index (Phi) is 3.28. The zero-order chi connectivity index (χ0) is 15.0. The summed E-state index contributed by atoms with van der Waals surface area (Å²) in [6, 6.07) is 7.30. The lowest BCUT2D eigenvalue weighted by Crippen LogP contribution is -2.02. The standard InChI is InChI=1S/C14H7ClF2N4/c15-14-20-12-3-10(16)11(17)4-13(12)21(14)7-9-2-1-8(5-18)6-19-9/h1-4,6H,7H2. The van der Waals surface area contributed by atoms with E-state index in [0.29, 0.717) is 16.8 Å². The van der Waals surface area contributed by atoms with Crippen LogP contribution in [0.2, 0.25) is 5.28 Å². The maximum atomic E-state index is 13.4. The van der Waals surface area contributed by atoms with Crippen molar-refractivity contribution >= 4 is 22.6 Å². The summed E-state index contributed by atoms with van der Waals surface area (Å²) in [5.74, 6) is -1.94. The lowest BCUT2D eigenvalue weighted by atomic mass is 10.2. The zero-order valence-electron chi connectivity index (χ0n) is 10.5. The van der Waals surface area contributed by atoms with Crippen LogP contribution in [0.1, 0.15) is 11.3 Å². The predicted molar refractivity (Wildman–Crippen MR) is 72.7 cm³/mol. The van der Waals surface area contributed by atoms with Gasteiger partial charge in [0.1, 0.15) is 6.07 Å². The van der Waals surface area contributed by atoms with Gasteiger partial charge in [0.2, 0.25) is 5.28 Å². The van der Waals surface area contributed by atoms with E-state index in [2.05, 4.69) is 9.97 Å². The van der Waals surface area contributed by atoms with E-state index in [1.54, 1.807) is 12.1 Å². The largest absolute Gasteiger partial charge is 0.308 e. The molecule has 3 rings (SSSR count). The van der Waals surface area contributed by atoms with Gasteiger partial charge < -0.3 is 4.57 Å². The molecule has 3 aromatic rings. The molecule has 0 aliphatic heterocycles. The molecule has 21 heavy (non-hydrogen) atoms. The molecular weight excluding hydrogens is 298 g/mol. The molecule has 7 heteroatoms. The maximum Gasteiger partial charge on any atom is 0.204 e. The molecule has 0 saturated carbocycles. The Morgan fingerprint density at radius 3 is 2.67 bits per heavy atom. The van der Waals surface area contributed by atoms with E-state index in [-0.39, 0.29) is 17.3 Å². The molecule has 0 amide bonds. The van der Waals surface area contributed by atoms with Gasteiger partial charge in [0.25, 0.3) is 0 Å². The Balaban J connectivity index is 2.05. The average molecular weight is 305 g/mol. The predicted octanol–water partition coefficient (Wildman–Crippen LogP) is 3.28. The molecule has 4 nitrogen and oxygen atoms in total. The van der Waals surface area contributed by atoms with Crippen molar-refractivity contribution in [1.82, 2.24) is 14.5 Å². The third-order valence-corrected chi connectivity index (χ3v) is 3.31. The van der Waals surface area contributed by atoms with E-state index in [9.17, 15) is 8.78 Å². The number of pyridine rings is 1. The first-order valence-electron chi connectivity index (χ1n) is 5.94. The van der Waals surface area contributed by atoms with Crippen LogP contribution in [0.15, 0.2) is 30.5 Å². The third-order valence-electron chi connectivity index (χ3n) is 3.02. The normalized spacial score (nSPS) is 10.8. The molecule has 0 radical (unpaired) electrons. The lowest BCUT2D eigenvalue weighted by Gasteiger charge is -2.05. The van der Waals surface area contributed by atoms with Crippen molar-refractivity contribution in [3.8, 4) is 6.07 Å². The van der Waals surface area contributed by atoms with Gasteiger partial charge in [0, 0.05) is 18.3 Å². The number of rotatable bonds is 2. The summed E-state index contributed by atoms with van der Waals surface area (Å²) in [5, 5.41) is 8.84. The van der Waals surface area contributed by atoms with E-state index < -0.39 is 11.6 Å². The smallest absolute Gasteiger partial charge is 0.204 e. The van der Waals surface area contributed by atoms with Crippen molar-refractivity contribution in [1.29, 1.82) is 5.26 Å². The van der Waals surface area contributed by atoms with Crippen LogP contribution in [0.5, 0.6) is 0 Å². The fourth-order valence-electron chi connectivity index (χ4n) is 1.99. The summed E-state index contributed by atoms with van der Waals surface area (Å²) in [7, 11) is 0. The molecule has 0 fully saturated rings. The van der Waals surface area contributed by atoms with Crippen molar-refractivity contribution < 1.29 is 8.78 Å². The Bertz CT molecular complexity index is 865. The van der Waals surface area contributed by atoms with Gasteiger partial charge in [0.15, 0.2) is 11.6 Å². The van der Waals surface area contributed by atoms with E-state index in [1.165, 1.54) is 10.8 Å². The van der Waals surface area contributed by atoms with Crippen molar-refractivity contribution in [3.05, 3.63) is 58.6 Å². The molecule has 1 aromatic carbocycles. The highest BCUT2D eigenvalue weighted by molar-refractivity contribution is 6.29. The Morgan fingerprint density at radius 2 is 2.00 bits per heavy atom. The molecule has 0 saturated heterocycles. The number of aromatic nitrogens is 3. The summed E-state index contributed by atoms with van der Waals surface area (Å²) in [6.07, 6.45) is 1.43. The summed E-state index contributed by atoms with van der Waals surface area (Å²) in [6.45, 7) is 0.242. The average Bonchev–Trinajstić information content (AvgIpc) is 2.76. The van der Waals surface area contributed by atoms with Crippen LogP contribution in [0.4, 0.5) is 8.78 Å². The Labute approximate surface area is 123 Å². The van der Waals surface area contributed by atoms with Gasteiger partial charge in [-0.1, -0.05) is 0 Å². The molecule has 0 unspecified atom stereocenters.